The highest BCUT2D eigenvalue weighted by Gasteiger charge is 2.37. The van der Waals surface area contributed by atoms with Crippen molar-refractivity contribution in [3.05, 3.63) is 68.6 Å². The van der Waals surface area contributed by atoms with E-state index in [0.29, 0.717) is 11.1 Å². The average molecular weight is 408 g/mol. The Kier molecular flexibility index (Phi) is 4.42. The standard InChI is InChI=1S/C22H16O8/c1-9-7-14(24)29-20-16(9)19(26)17(10(2)23)21-18(20)13(8-15(25)30-21)11-3-5-12(6-4-11)22(27)28/h3-7,13,26H,8H2,1-2H3,(H,27,28)/t13-/m1/s1. The summed E-state index contributed by atoms with van der Waals surface area (Å²) in [5, 5.41) is 20.1. The van der Waals surface area contributed by atoms with Gasteiger partial charge in [0.25, 0.3) is 0 Å². The first-order chi connectivity index (χ1) is 14.2. The van der Waals surface area contributed by atoms with Gasteiger partial charge in [0, 0.05) is 17.5 Å². The number of carbonyl (C=O) groups is 3. The smallest absolute Gasteiger partial charge is 0.336 e. The van der Waals surface area contributed by atoms with E-state index in [2.05, 4.69) is 0 Å². The van der Waals surface area contributed by atoms with Gasteiger partial charge in [0.1, 0.15) is 16.9 Å². The second-order valence-electron chi connectivity index (χ2n) is 7.13. The lowest BCUT2D eigenvalue weighted by atomic mass is 9.82. The zero-order valence-corrected chi connectivity index (χ0v) is 16.0. The number of aromatic hydroxyl groups is 1. The van der Waals surface area contributed by atoms with Gasteiger partial charge >= 0.3 is 17.6 Å². The highest BCUT2D eigenvalue weighted by Crippen LogP contribution is 2.49. The minimum Gasteiger partial charge on any atom is -0.506 e. The van der Waals surface area contributed by atoms with Gasteiger partial charge in [-0.05, 0) is 37.1 Å². The molecule has 0 aliphatic carbocycles. The second-order valence-corrected chi connectivity index (χ2v) is 7.13. The summed E-state index contributed by atoms with van der Waals surface area (Å²) in [4.78, 5) is 47.9. The summed E-state index contributed by atoms with van der Waals surface area (Å²) in [5.41, 5.74) is 0.529. The van der Waals surface area contributed by atoms with Crippen LogP contribution in [-0.2, 0) is 4.79 Å². The lowest BCUT2D eigenvalue weighted by Gasteiger charge is -2.28. The summed E-state index contributed by atoms with van der Waals surface area (Å²) in [6, 6.07) is 7.09. The number of fused-ring (bicyclic) bond motifs is 3. The molecule has 152 valence electrons. The third-order valence-electron chi connectivity index (χ3n) is 5.20. The largest absolute Gasteiger partial charge is 0.506 e. The maximum atomic E-state index is 12.3. The van der Waals surface area contributed by atoms with Crippen LogP contribution in [0.2, 0.25) is 0 Å². The van der Waals surface area contributed by atoms with Gasteiger partial charge in [-0.1, -0.05) is 12.1 Å². The monoisotopic (exact) mass is 408 g/mol. The first kappa shape index (κ1) is 19.4. The van der Waals surface area contributed by atoms with Crippen molar-refractivity contribution in [3.8, 4) is 11.5 Å². The number of hydrogen-bond donors (Lipinski definition) is 2. The van der Waals surface area contributed by atoms with Crippen molar-refractivity contribution in [3.63, 3.8) is 0 Å². The van der Waals surface area contributed by atoms with Crippen LogP contribution < -0.4 is 10.4 Å². The number of carboxylic acids is 1. The maximum absolute atomic E-state index is 12.3. The van der Waals surface area contributed by atoms with E-state index in [1.54, 1.807) is 19.1 Å². The van der Waals surface area contributed by atoms with Crippen molar-refractivity contribution in [2.75, 3.05) is 0 Å². The number of rotatable bonds is 3. The van der Waals surface area contributed by atoms with Gasteiger partial charge in [0.2, 0.25) is 0 Å². The Bertz CT molecular complexity index is 1300. The molecule has 30 heavy (non-hydrogen) atoms. The third-order valence-corrected chi connectivity index (χ3v) is 5.20. The Morgan fingerprint density at radius 3 is 2.40 bits per heavy atom. The fraction of sp³-hybridized carbons (Fsp3) is 0.182. The van der Waals surface area contributed by atoms with Crippen LogP contribution in [0, 0.1) is 6.92 Å². The van der Waals surface area contributed by atoms with E-state index < -0.39 is 35.0 Å². The van der Waals surface area contributed by atoms with Crippen LogP contribution in [0.15, 0.2) is 39.5 Å². The van der Waals surface area contributed by atoms with E-state index in [4.69, 9.17) is 14.3 Å². The Morgan fingerprint density at radius 1 is 1.13 bits per heavy atom. The molecule has 1 aliphatic heterocycles. The molecule has 0 radical (unpaired) electrons. The van der Waals surface area contributed by atoms with E-state index in [1.807, 2.05) is 0 Å². The summed E-state index contributed by atoms with van der Waals surface area (Å²) >= 11 is 0. The maximum Gasteiger partial charge on any atom is 0.336 e. The normalized spacial score (nSPS) is 15.5. The second kappa shape index (κ2) is 6.84. The number of aromatic carboxylic acids is 1. The molecule has 0 spiro atoms. The quantitative estimate of drug-likeness (QED) is 0.292. The number of carboxylic acid groups (broad SMARTS) is 1. The van der Waals surface area contributed by atoms with E-state index in [9.17, 15) is 24.3 Å². The number of hydrogen-bond acceptors (Lipinski definition) is 7. The highest BCUT2D eigenvalue weighted by molar-refractivity contribution is 6.09. The van der Waals surface area contributed by atoms with Gasteiger partial charge in [0.05, 0.1) is 17.4 Å². The van der Waals surface area contributed by atoms with Gasteiger partial charge in [0.15, 0.2) is 11.5 Å². The van der Waals surface area contributed by atoms with E-state index in [1.165, 1.54) is 25.1 Å². The first-order valence-electron chi connectivity index (χ1n) is 9.07. The highest BCUT2D eigenvalue weighted by atomic mass is 16.5. The van der Waals surface area contributed by atoms with Crippen molar-refractivity contribution in [2.24, 2.45) is 0 Å². The molecule has 8 nitrogen and oxygen atoms in total. The topological polar surface area (TPSA) is 131 Å². The van der Waals surface area contributed by atoms with Crippen molar-refractivity contribution in [1.29, 1.82) is 0 Å². The number of ketones is 1. The molecule has 1 aliphatic rings. The summed E-state index contributed by atoms with van der Waals surface area (Å²) in [6.45, 7) is 2.83. The van der Waals surface area contributed by atoms with Gasteiger partial charge in [-0.25, -0.2) is 9.59 Å². The number of ether oxygens (including phenoxy) is 1. The van der Waals surface area contributed by atoms with Gasteiger partial charge < -0.3 is 19.4 Å². The molecule has 8 heteroatoms. The molecule has 1 atom stereocenters. The van der Waals surface area contributed by atoms with Crippen LogP contribution in [-0.4, -0.2) is 27.9 Å². The van der Waals surface area contributed by atoms with E-state index >= 15 is 0 Å². The Morgan fingerprint density at radius 2 is 1.80 bits per heavy atom. The zero-order valence-electron chi connectivity index (χ0n) is 16.0. The molecule has 2 N–H and O–H groups in total. The van der Waals surface area contributed by atoms with Crippen LogP contribution in [0.5, 0.6) is 11.5 Å². The molecular weight excluding hydrogens is 392 g/mol. The number of phenols is 1. The number of aryl methyl sites for hydroxylation is 1. The molecule has 3 aromatic rings. The fourth-order valence-corrected chi connectivity index (χ4v) is 3.88. The average Bonchev–Trinajstić information content (AvgIpc) is 2.66. The first-order valence-corrected chi connectivity index (χ1v) is 9.07. The minimum absolute atomic E-state index is 0.0253. The van der Waals surface area contributed by atoms with Gasteiger partial charge in [-0.3, -0.25) is 9.59 Å². The Balaban J connectivity index is 2.10. The van der Waals surface area contributed by atoms with E-state index in [0.717, 1.165) is 0 Å². The number of benzene rings is 2. The zero-order chi connectivity index (χ0) is 21.7. The molecule has 0 fully saturated rings. The SMILES string of the molecule is CC(=O)c1c2c(c3oc(=O)cc(C)c3c1O)[C@@H](c1ccc(C(=O)O)cc1)CC(=O)O2. The van der Waals surface area contributed by atoms with Crippen LogP contribution in [0.1, 0.15) is 56.7 Å². The molecule has 0 unspecified atom stereocenters. The fourth-order valence-electron chi connectivity index (χ4n) is 3.88. The Hall–Kier alpha value is -3.94. The van der Waals surface area contributed by atoms with E-state index in [-0.39, 0.29) is 39.8 Å². The van der Waals surface area contributed by atoms with Crippen molar-refractivity contribution in [2.45, 2.75) is 26.2 Å². The van der Waals surface area contributed by atoms with Crippen molar-refractivity contribution in [1.82, 2.24) is 0 Å². The molecule has 2 heterocycles. The number of Topliss-reactive ketones (excluding diaryl/α,β-unsaturated/α-hetero) is 1. The molecular formula is C22H16O8. The lowest BCUT2D eigenvalue weighted by Crippen LogP contribution is -2.23. The summed E-state index contributed by atoms with van der Waals surface area (Å²) in [5.74, 6) is -3.50. The minimum atomic E-state index is -1.10. The molecule has 0 saturated heterocycles. The Labute approximate surface area is 169 Å². The molecule has 2 aromatic carbocycles. The van der Waals surface area contributed by atoms with Crippen molar-refractivity contribution < 1.29 is 33.8 Å². The predicted molar refractivity (Wildman–Crippen MR) is 104 cm³/mol. The van der Waals surface area contributed by atoms with Crippen LogP contribution in [0.4, 0.5) is 0 Å². The molecule has 0 bridgehead atoms. The third kappa shape index (κ3) is 2.93. The van der Waals surface area contributed by atoms with Crippen LogP contribution >= 0.6 is 0 Å². The predicted octanol–water partition coefficient (Wildman–Crippen LogP) is 3.15. The molecule has 4 rings (SSSR count). The number of esters is 1. The van der Waals surface area contributed by atoms with Crippen molar-refractivity contribution >= 4 is 28.7 Å². The molecule has 1 aromatic heterocycles. The summed E-state index contributed by atoms with van der Waals surface area (Å²) < 4.78 is 10.7. The van der Waals surface area contributed by atoms with Gasteiger partial charge in [-0.15, -0.1) is 0 Å². The number of phenolic OH excluding ortho intramolecular Hbond substituents is 1. The lowest BCUT2D eigenvalue weighted by molar-refractivity contribution is -0.135. The van der Waals surface area contributed by atoms with Crippen LogP contribution in [0.3, 0.4) is 0 Å². The van der Waals surface area contributed by atoms with Gasteiger partial charge in [-0.2, -0.15) is 0 Å². The molecule has 0 amide bonds. The van der Waals surface area contributed by atoms with Crippen LogP contribution in [0.25, 0.3) is 11.0 Å². The molecule has 0 saturated carbocycles. The summed E-state index contributed by atoms with van der Waals surface area (Å²) in [7, 11) is 0. The number of carbonyl (C=O) groups excluding carboxylic acids is 2. The summed E-state index contributed by atoms with van der Waals surface area (Å²) in [6.07, 6.45) is -0.117.